The van der Waals surface area contributed by atoms with Gasteiger partial charge in [0.15, 0.2) is 0 Å². The Bertz CT molecular complexity index is 313. The fourth-order valence-corrected chi connectivity index (χ4v) is 3.42. The SMILES string of the molecule is COCC1CCCN(C(CN)c2ccsc2)C1. The predicted molar refractivity (Wildman–Crippen MR) is 72.3 cm³/mol. The number of hydrogen-bond donors (Lipinski definition) is 1. The van der Waals surface area contributed by atoms with Crippen LogP contribution < -0.4 is 5.73 Å². The van der Waals surface area contributed by atoms with Gasteiger partial charge < -0.3 is 10.5 Å². The normalized spacial score (nSPS) is 23.8. The van der Waals surface area contributed by atoms with Crippen LogP contribution in [0.15, 0.2) is 16.8 Å². The molecule has 0 amide bonds. The topological polar surface area (TPSA) is 38.5 Å². The summed E-state index contributed by atoms with van der Waals surface area (Å²) in [5.74, 6) is 0.668. The van der Waals surface area contributed by atoms with Crippen LogP contribution in [-0.4, -0.2) is 38.3 Å². The maximum absolute atomic E-state index is 5.95. The van der Waals surface area contributed by atoms with Crippen LogP contribution in [0.2, 0.25) is 0 Å². The Morgan fingerprint density at radius 1 is 1.65 bits per heavy atom. The van der Waals surface area contributed by atoms with E-state index in [9.17, 15) is 0 Å². The van der Waals surface area contributed by atoms with Gasteiger partial charge in [-0.15, -0.1) is 0 Å². The van der Waals surface area contributed by atoms with Gasteiger partial charge in [0.05, 0.1) is 6.61 Å². The highest BCUT2D eigenvalue weighted by Crippen LogP contribution is 2.27. The van der Waals surface area contributed by atoms with Gasteiger partial charge in [0.2, 0.25) is 0 Å². The largest absolute Gasteiger partial charge is 0.384 e. The van der Waals surface area contributed by atoms with E-state index in [1.807, 2.05) is 0 Å². The van der Waals surface area contributed by atoms with E-state index in [0.717, 1.165) is 19.7 Å². The Hall–Kier alpha value is -0.420. The summed E-state index contributed by atoms with van der Waals surface area (Å²) in [6.45, 7) is 3.86. The van der Waals surface area contributed by atoms with Gasteiger partial charge in [-0.25, -0.2) is 0 Å². The molecular weight excluding hydrogens is 232 g/mol. The van der Waals surface area contributed by atoms with E-state index in [0.29, 0.717) is 18.5 Å². The predicted octanol–water partition coefficient (Wildman–Crippen LogP) is 2.11. The number of rotatable bonds is 5. The zero-order chi connectivity index (χ0) is 12.1. The highest BCUT2D eigenvalue weighted by Gasteiger charge is 2.26. The van der Waals surface area contributed by atoms with E-state index < -0.39 is 0 Å². The summed E-state index contributed by atoms with van der Waals surface area (Å²) in [5.41, 5.74) is 7.32. The molecule has 0 aromatic carbocycles. The van der Waals surface area contributed by atoms with Crippen LogP contribution in [0.4, 0.5) is 0 Å². The number of thiophene rings is 1. The first-order valence-electron chi connectivity index (χ1n) is 6.30. The molecule has 0 spiro atoms. The molecule has 2 atom stereocenters. The van der Waals surface area contributed by atoms with Crippen molar-refractivity contribution in [3.63, 3.8) is 0 Å². The van der Waals surface area contributed by atoms with Crippen molar-refractivity contribution in [3.8, 4) is 0 Å². The molecule has 2 heterocycles. The molecule has 96 valence electrons. The van der Waals surface area contributed by atoms with Crippen molar-refractivity contribution >= 4 is 11.3 Å². The number of nitrogens with zero attached hydrogens (tertiary/aromatic N) is 1. The van der Waals surface area contributed by atoms with Crippen LogP contribution in [0, 0.1) is 5.92 Å². The second kappa shape index (κ2) is 6.50. The average molecular weight is 254 g/mol. The molecule has 2 unspecified atom stereocenters. The molecule has 0 bridgehead atoms. The Labute approximate surface area is 108 Å². The number of hydrogen-bond acceptors (Lipinski definition) is 4. The Morgan fingerprint density at radius 3 is 3.18 bits per heavy atom. The highest BCUT2D eigenvalue weighted by atomic mass is 32.1. The minimum Gasteiger partial charge on any atom is -0.384 e. The van der Waals surface area contributed by atoms with Crippen molar-refractivity contribution in [2.24, 2.45) is 11.7 Å². The molecule has 1 saturated heterocycles. The number of methoxy groups -OCH3 is 1. The van der Waals surface area contributed by atoms with E-state index in [-0.39, 0.29) is 0 Å². The monoisotopic (exact) mass is 254 g/mol. The quantitative estimate of drug-likeness (QED) is 0.874. The van der Waals surface area contributed by atoms with Crippen LogP contribution in [-0.2, 0) is 4.74 Å². The van der Waals surface area contributed by atoms with E-state index in [1.54, 1.807) is 18.4 Å². The van der Waals surface area contributed by atoms with E-state index in [4.69, 9.17) is 10.5 Å². The van der Waals surface area contributed by atoms with Crippen LogP contribution >= 0.6 is 11.3 Å². The van der Waals surface area contributed by atoms with Gasteiger partial charge in [0, 0.05) is 26.2 Å². The number of likely N-dealkylation sites (tertiary alicyclic amines) is 1. The number of ether oxygens (including phenoxy) is 1. The van der Waals surface area contributed by atoms with Gasteiger partial charge in [0.25, 0.3) is 0 Å². The lowest BCUT2D eigenvalue weighted by molar-refractivity contribution is 0.0698. The second-order valence-corrected chi connectivity index (χ2v) is 5.55. The standard InChI is InChI=1S/C13H22N2OS/c1-16-9-11-3-2-5-15(8-11)13(7-14)12-4-6-17-10-12/h4,6,10-11,13H,2-3,5,7-9,14H2,1H3. The number of nitrogens with two attached hydrogens (primary N) is 1. The van der Waals surface area contributed by atoms with Crippen molar-refractivity contribution in [2.75, 3.05) is 33.4 Å². The molecule has 3 nitrogen and oxygen atoms in total. The molecule has 1 aliphatic rings. The zero-order valence-electron chi connectivity index (χ0n) is 10.5. The van der Waals surface area contributed by atoms with Crippen molar-refractivity contribution in [1.29, 1.82) is 0 Å². The van der Waals surface area contributed by atoms with Crippen molar-refractivity contribution in [3.05, 3.63) is 22.4 Å². The molecule has 0 radical (unpaired) electrons. The van der Waals surface area contributed by atoms with Gasteiger partial charge in [-0.1, -0.05) is 0 Å². The average Bonchev–Trinajstić information content (AvgIpc) is 2.85. The summed E-state index contributed by atoms with van der Waals surface area (Å²) < 4.78 is 5.28. The first-order chi connectivity index (χ1) is 8.35. The summed E-state index contributed by atoms with van der Waals surface area (Å²) in [4.78, 5) is 2.52. The first-order valence-corrected chi connectivity index (χ1v) is 7.24. The van der Waals surface area contributed by atoms with Crippen LogP contribution in [0.25, 0.3) is 0 Å². The molecule has 0 saturated carbocycles. The minimum atomic E-state index is 0.390. The van der Waals surface area contributed by atoms with Gasteiger partial charge >= 0.3 is 0 Å². The zero-order valence-corrected chi connectivity index (χ0v) is 11.3. The summed E-state index contributed by atoms with van der Waals surface area (Å²) >= 11 is 1.75. The molecule has 1 aliphatic heterocycles. The van der Waals surface area contributed by atoms with Crippen molar-refractivity contribution in [1.82, 2.24) is 4.90 Å². The van der Waals surface area contributed by atoms with E-state index >= 15 is 0 Å². The molecular formula is C13H22N2OS. The summed E-state index contributed by atoms with van der Waals surface area (Å²) in [6.07, 6.45) is 2.54. The van der Waals surface area contributed by atoms with Gasteiger partial charge in [-0.05, 0) is 47.7 Å². The third kappa shape index (κ3) is 3.28. The summed E-state index contributed by atoms with van der Waals surface area (Å²) in [5, 5.41) is 4.35. The second-order valence-electron chi connectivity index (χ2n) is 4.77. The summed E-state index contributed by atoms with van der Waals surface area (Å²) in [6, 6.07) is 2.59. The van der Waals surface area contributed by atoms with Gasteiger partial charge in [0.1, 0.15) is 0 Å². The fourth-order valence-electron chi connectivity index (χ4n) is 2.71. The minimum absolute atomic E-state index is 0.390. The third-order valence-electron chi connectivity index (χ3n) is 3.54. The maximum atomic E-state index is 5.95. The Balaban J connectivity index is 1.99. The van der Waals surface area contributed by atoms with Crippen molar-refractivity contribution < 1.29 is 4.74 Å². The molecule has 1 aromatic heterocycles. The molecule has 2 rings (SSSR count). The lowest BCUT2D eigenvalue weighted by Gasteiger charge is -2.37. The van der Waals surface area contributed by atoms with Crippen LogP contribution in [0.5, 0.6) is 0 Å². The lowest BCUT2D eigenvalue weighted by Crippen LogP contribution is -2.42. The van der Waals surface area contributed by atoms with Crippen molar-refractivity contribution in [2.45, 2.75) is 18.9 Å². The van der Waals surface area contributed by atoms with Crippen LogP contribution in [0.1, 0.15) is 24.4 Å². The smallest absolute Gasteiger partial charge is 0.0502 e. The summed E-state index contributed by atoms with van der Waals surface area (Å²) in [7, 11) is 1.79. The highest BCUT2D eigenvalue weighted by molar-refractivity contribution is 7.07. The number of piperidine rings is 1. The Morgan fingerprint density at radius 2 is 2.53 bits per heavy atom. The molecule has 17 heavy (non-hydrogen) atoms. The van der Waals surface area contributed by atoms with Crippen LogP contribution in [0.3, 0.4) is 0 Å². The Kier molecular flexibility index (Phi) is 4.98. The fraction of sp³-hybridized carbons (Fsp3) is 0.692. The third-order valence-corrected chi connectivity index (χ3v) is 4.25. The van der Waals surface area contributed by atoms with E-state index in [1.165, 1.54) is 18.4 Å². The lowest BCUT2D eigenvalue weighted by atomic mass is 9.96. The molecule has 1 aromatic rings. The van der Waals surface area contributed by atoms with E-state index in [2.05, 4.69) is 21.7 Å². The first kappa shape index (κ1) is 13.0. The molecule has 1 fully saturated rings. The maximum Gasteiger partial charge on any atom is 0.0502 e. The van der Waals surface area contributed by atoms with Gasteiger partial charge in [-0.2, -0.15) is 11.3 Å². The van der Waals surface area contributed by atoms with Gasteiger partial charge in [-0.3, -0.25) is 4.90 Å². The molecule has 4 heteroatoms. The molecule has 0 aliphatic carbocycles. The molecule has 2 N–H and O–H groups in total.